The maximum absolute atomic E-state index is 13.4. The third kappa shape index (κ3) is 4.28. The van der Waals surface area contributed by atoms with Crippen molar-refractivity contribution in [2.75, 3.05) is 30.9 Å². The summed E-state index contributed by atoms with van der Waals surface area (Å²) >= 11 is 0. The van der Waals surface area contributed by atoms with Crippen LogP contribution in [0.5, 0.6) is 0 Å². The molecule has 7 nitrogen and oxygen atoms in total. The first-order chi connectivity index (χ1) is 13.6. The number of aryl methyl sites for hydroxylation is 3. The Morgan fingerprint density at radius 2 is 1.83 bits per heavy atom. The van der Waals surface area contributed by atoms with Crippen molar-refractivity contribution in [2.24, 2.45) is 0 Å². The number of carbonyl (C=O) groups is 1. The van der Waals surface area contributed by atoms with Gasteiger partial charge < -0.3 is 10.2 Å². The summed E-state index contributed by atoms with van der Waals surface area (Å²) in [5.41, 5.74) is 2.98. The molecule has 3 rings (SSSR count). The number of nitrogens with zero attached hydrogens (tertiary/aromatic N) is 3. The molecule has 1 N–H and O–H groups in total. The van der Waals surface area contributed by atoms with E-state index >= 15 is 0 Å². The number of aromatic nitrogens is 1. The van der Waals surface area contributed by atoms with Gasteiger partial charge in [0.15, 0.2) is 0 Å². The van der Waals surface area contributed by atoms with Crippen molar-refractivity contribution >= 4 is 27.4 Å². The average Bonchev–Trinajstić information content (AvgIpc) is 3.12. The van der Waals surface area contributed by atoms with Crippen molar-refractivity contribution < 1.29 is 13.2 Å². The van der Waals surface area contributed by atoms with Gasteiger partial charge in [-0.05, 0) is 56.9 Å². The van der Waals surface area contributed by atoms with Crippen LogP contribution in [0.25, 0.3) is 0 Å². The molecule has 1 aromatic heterocycles. The van der Waals surface area contributed by atoms with Gasteiger partial charge in [0.2, 0.25) is 15.9 Å². The number of hydrogen-bond acceptors (Lipinski definition) is 5. The van der Waals surface area contributed by atoms with E-state index in [0.717, 1.165) is 11.4 Å². The van der Waals surface area contributed by atoms with E-state index in [0.29, 0.717) is 41.1 Å². The average molecular weight is 417 g/mol. The molecule has 1 atom stereocenters. The Morgan fingerprint density at radius 1 is 1.17 bits per heavy atom. The van der Waals surface area contributed by atoms with Crippen LogP contribution < -0.4 is 10.2 Å². The second-order valence-corrected chi connectivity index (χ2v) is 9.62. The topological polar surface area (TPSA) is 82.6 Å². The summed E-state index contributed by atoms with van der Waals surface area (Å²) in [6.07, 6.45) is 2.73. The fourth-order valence-electron chi connectivity index (χ4n) is 3.93. The molecule has 8 heteroatoms. The number of pyridine rings is 1. The Kier molecular flexibility index (Phi) is 5.95. The van der Waals surface area contributed by atoms with Crippen molar-refractivity contribution in [1.82, 2.24) is 9.29 Å². The van der Waals surface area contributed by atoms with E-state index in [2.05, 4.69) is 10.3 Å². The van der Waals surface area contributed by atoms with Crippen molar-refractivity contribution in [1.29, 1.82) is 0 Å². The lowest BCUT2D eigenvalue weighted by Crippen LogP contribution is -2.43. The van der Waals surface area contributed by atoms with Crippen LogP contribution in [0.2, 0.25) is 0 Å². The molecule has 0 radical (unpaired) electrons. The quantitative estimate of drug-likeness (QED) is 0.810. The molecule has 0 bridgehead atoms. The summed E-state index contributed by atoms with van der Waals surface area (Å²) in [6, 6.07) is 6.57. The van der Waals surface area contributed by atoms with Crippen LogP contribution in [0.1, 0.15) is 29.5 Å². The Labute approximate surface area is 172 Å². The van der Waals surface area contributed by atoms with Crippen LogP contribution in [0.3, 0.4) is 0 Å². The maximum atomic E-state index is 13.4. The van der Waals surface area contributed by atoms with E-state index in [-0.39, 0.29) is 5.91 Å². The number of sulfonamides is 1. The molecule has 0 unspecified atom stereocenters. The highest BCUT2D eigenvalue weighted by atomic mass is 32.2. The third-order valence-corrected chi connectivity index (χ3v) is 7.37. The predicted octanol–water partition coefficient (Wildman–Crippen LogP) is 2.86. The largest absolute Gasteiger partial charge is 0.363 e. The number of nitrogens with one attached hydrogen (secondary N) is 1. The van der Waals surface area contributed by atoms with Crippen molar-refractivity contribution in [3.63, 3.8) is 0 Å². The van der Waals surface area contributed by atoms with Gasteiger partial charge in [-0.25, -0.2) is 13.4 Å². The molecule has 0 aliphatic carbocycles. The second-order valence-electron chi connectivity index (χ2n) is 7.79. The van der Waals surface area contributed by atoms with Crippen molar-refractivity contribution in [3.8, 4) is 0 Å². The van der Waals surface area contributed by atoms with Crippen LogP contribution in [0.4, 0.5) is 11.5 Å². The number of anilines is 2. The molecule has 1 aliphatic heterocycles. The van der Waals surface area contributed by atoms with Crippen LogP contribution in [0, 0.1) is 20.8 Å². The SMILES string of the molecule is Cc1cc(C)c(S(=O)(=O)N2CCC[C@@H]2C(=O)Nc2ccc(N(C)C)nc2)c(C)c1. The molecule has 29 heavy (non-hydrogen) atoms. The summed E-state index contributed by atoms with van der Waals surface area (Å²) < 4.78 is 28.1. The zero-order chi connectivity index (χ0) is 21.3. The summed E-state index contributed by atoms with van der Waals surface area (Å²) in [4.78, 5) is 19.3. The fraction of sp³-hybridized carbons (Fsp3) is 0.429. The van der Waals surface area contributed by atoms with Gasteiger partial charge >= 0.3 is 0 Å². The van der Waals surface area contributed by atoms with Crippen LogP contribution in [-0.2, 0) is 14.8 Å². The van der Waals surface area contributed by atoms with Crippen molar-refractivity contribution in [3.05, 3.63) is 47.2 Å². The highest BCUT2D eigenvalue weighted by molar-refractivity contribution is 7.89. The monoisotopic (exact) mass is 416 g/mol. The fourth-order valence-corrected chi connectivity index (χ4v) is 6.00. The highest BCUT2D eigenvalue weighted by Crippen LogP contribution is 2.31. The highest BCUT2D eigenvalue weighted by Gasteiger charge is 2.40. The first-order valence-electron chi connectivity index (χ1n) is 9.65. The number of carbonyl (C=O) groups excluding carboxylic acids is 1. The van der Waals surface area contributed by atoms with Gasteiger partial charge in [-0.2, -0.15) is 4.31 Å². The van der Waals surface area contributed by atoms with E-state index in [4.69, 9.17) is 0 Å². The smallest absolute Gasteiger partial charge is 0.244 e. The molecule has 0 spiro atoms. The molecule has 1 aromatic carbocycles. The Balaban J connectivity index is 1.84. The Morgan fingerprint density at radius 3 is 2.38 bits per heavy atom. The van der Waals surface area contributed by atoms with Gasteiger partial charge in [0.25, 0.3) is 0 Å². The minimum atomic E-state index is -3.77. The standard InChI is InChI=1S/C21H28N4O3S/c1-14-11-15(2)20(16(3)12-14)29(27,28)25-10-6-7-18(25)21(26)23-17-8-9-19(22-13-17)24(4)5/h8-9,11-13,18H,6-7,10H2,1-5H3,(H,23,26)/t18-/m1/s1. The predicted molar refractivity (Wildman–Crippen MR) is 115 cm³/mol. The molecule has 1 aliphatic rings. The van der Waals surface area contributed by atoms with E-state index in [9.17, 15) is 13.2 Å². The van der Waals surface area contributed by atoms with Gasteiger partial charge in [-0.1, -0.05) is 17.7 Å². The Hall–Kier alpha value is -2.45. The zero-order valence-electron chi connectivity index (χ0n) is 17.6. The zero-order valence-corrected chi connectivity index (χ0v) is 18.4. The van der Waals surface area contributed by atoms with E-state index in [1.165, 1.54) is 4.31 Å². The Bertz CT molecular complexity index is 994. The molecule has 2 aromatic rings. The van der Waals surface area contributed by atoms with Crippen molar-refractivity contribution in [2.45, 2.75) is 44.6 Å². The number of amides is 1. The van der Waals surface area contributed by atoms with Crippen LogP contribution in [-0.4, -0.2) is 50.3 Å². The van der Waals surface area contributed by atoms with Gasteiger partial charge in [0.05, 0.1) is 16.8 Å². The van der Waals surface area contributed by atoms with Crippen LogP contribution in [0.15, 0.2) is 35.4 Å². The molecule has 1 saturated heterocycles. The summed E-state index contributed by atoms with van der Waals surface area (Å²) in [5.74, 6) is 0.450. The van der Waals surface area contributed by atoms with Crippen LogP contribution >= 0.6 is 0 Å². The van der Waals surface area contributed by atoms with E-state index in [1.54, 1.807) is 32.2 Å². The second kappa shape index (κ2) is 8.12. The van der Waals surface area contributed by atoms with Gasteiger partial charge in [-0.15, -0.1) is 0 Å². The molecule has 1 fully saturated rings. The lowest BCUT2D eigenvalue weighted by Gasteiger charge is -2.25. The summed E-state index contributed by atoms with van der Waals surface area (Å²) in [7, 11) is 0.000609. The molecule has 156 valence electrons. The third-order valence-electron chi connectivity index (χ3n) is 5.15. The molecule has 1 amide bonds. The van der Waals surface area contributed by atoms with E-state index < -0.39 is 16.1 Å². The summed E-state index contributed by atoms with van der Waals surface area (Å²) in [5, 5.41) is 2.82. The van der Waals surface area contributed by atoms with Gasteiger partial charge in [0.1, 0.15) is 11.9 Å². The lowest BCUT2D eigenvalue weighted by molar-refractivity contribution is -0.119. The molecular formula is C21H28N4O3S. The van der Waals surface area contributed by atoms with Gasteiger partial charge in [-0.3, -0.25) is 4.79 Å². The first kappa shape index (κ1) is 21.3. The molecular weight excluding hydrogens is 388 g/mol. The number of rotatable bonds is 5. The minimum Gasteiger partial charge on any atom is -0.363 e. The lowest BCUT2D eigenvalue weighted by atomic mass is 10.1. The number of hydrogen-bond donors (Lipinski definition) is 1. The molecule has 2 heterocycles. The number of benzene rings is 1. The molecule has 0 saturated carbocycles. The first-order valence-corrected chi connectivity index (χ1v) is 11.1. The van der Waals surface area contributed by atoms with E-state index in [1.807, 2.05) is 38.1 Å². The minimum absolute atomic E-state index is 0.305. The maximum Gasteiger partial charge on any atom is 0.244 e. The summed E-state index contributed by atoms with van der Waals surface area (Å²) in [6.45, 7) is 5.88. The normalized spacial score (nSPS) is 17.3. The van der Waals surface area contributed by atoms with Gasteiger partial charge in [0, 0.05) is 20.6 Å².